The Morgan fingerprint density at radius 1 is 1.55 bits per heavy atom. The number of Topliss-reactive ketones (excluding diaryl/α,β-unsaturated/α-hetero) is 1. The molecule has 3 N–H and O–H groups in total. The molecule has 1 fully saturated rings. The van der Waals surface area contributed by atoms with Crippen molar-refractivity contribution in [2.45, 2.75) is 11.1 Å². The molecule has 0 bridgehead atoms. The number of hydrogen-bond acceptors (Lipinski definition) is 7. The molecule has 2 unspecified atom stereocenters. The van der Waals surface area contributed by atoms with Crippen LogP contribution in [0.3, 0.4) is 0 Å². The van der Waals surface area contributed by atoms with E-state index in [1.807, 2.05) is 0 Å². The summed E-state index contributed by atoms with van der Waals surface area (Å²) in [6.45, 7) is 0. The van der Waals surface area contributed by atoms with Gasteiger partial charge in [-0.25, -0.2) is 4.79 Å². The number of fused-ring (bicyclic) bond motifs is 1. The fourth-order valence-electron chi connectivity index (χ4n) is 2.55. The Morgan fingerprint density at radius 3 is 2.91 bits per heavy atom. The van der Waals surface area contributed by atoms with Gasteiger partial charge in [-0.15, -0.1) is 11.8 Å². The summed E-state index contributed by atoms with van der Waals surface area (Å²) in [7, 11) is 0. The van der Waals surface area contributed by atoms with Crippen molar-refractivity contribution in [3.63, 3.8) is 0 Å². The summed E-state index contributed by atoms with van der Waals surface area (Å²) in [5.41, 5.74) is 6.38. The Morgan fingerprint density at radius 2 is 2.27 bits per heavy atom. The lowest BCUT2D eigenvalue weighted by Gasteiger charge is -2.47. The topological polar surface area (TPSA) is 114 Å². The molecular weight excluding hydrogens is 328 g/mol. The number of carboxylic acids is 1. The number of aliphatic carboxylic acids is 1. The standard InChI is InChI=1S/C13H12N2O5S2/c14-6-3-20-10(5(6)4-21)9(16)8-11(17)15-7(13(18)19)1-2-22-12(8)15/h1,3,8,12,21H,2,4,14H2,(H,18,19). The van der Waals surface area contributed by atoms with Crippen molar-refractivity contribution in [1.82, 2.24) is 4.90 Å². The molecule has 3 heterocycles. The van der Waals surface area contributed by atoms with Crippen molar-refractivity contribution in [3.8, 4) is 0 Å². The number of furan rings is 1. The predicted octanol–water partition coefficient (Wildman–Crippen LogP) is 0.974. The number of hydrogen-bond donors (Lipinski definition) is 3. The third-order valence-electron chi connectivity index (χ3n) is 3.66. The summed E-state index contributed by atoms with van der Waals surface area (Å²) in [5.74, 6) is -2.47. The molecule has 1 saturated heterocycles. The van der Waals surface area contributed by atoms with Crippen LogP contribution in [0, 0.1) is 5.92 Å². The Kier molecular flexibility index (Phi) is 3.69. The van der Waals surface area contributed by atoms with Gasteiger partial charge in [-0.1, -0.05) is 0 Å². The number of thiol groups is 1. The monoisotopic (exact) mass is 340 g/mol. The number of carbonyl (C=O) groups is 3. The van der Waals surface area contributed by atoms with E-state index in [1.165, 1.54) is 24.1 Å². The van der Waals surface area contributed by atoms with E-state index >= 15 is 0 Å². The van der Waals surface area contributed by atoms with Crippen LogP contribution in [0.5, 0.6) is 0 Å². The lowest BCUT2D eigenvalue weighted by atomic mass is 9.90. The van der Waals surface area contributed by atoms with Crippen molar-refractivity contribution in [2.24, 2.45) is 5.92 Å². The molecule has 0 aliphatic carbocycles. The number of nitrogens with two attached hydrogens (primary N) is 1. The van der Waals surface area contributed by atoms with Gasteiger partial charge >= 0.3 is 5.97 Å². The number of rotatable bonds is 4. The second kappa shape index (κ2) is 5.40. The molecule has 0 aromatic carbocycles. The number of nitrogens with zero attached hydrogens (tertiary/aromatic N) is 1. The quantitative estimate of drug-likeness (QED) is 0.324. The largest absolute Gasteiger partial charge is 0.477 e. The van der Waals surface area contributed by atoms with Gasteiger partial charge in [-0.2, -0.15) is 12.6 Å². The molecule has 2 atom stereocenters. The third kappa shape index (κ3) is 2.03. The van der Waals surface area contributed by atoms with E-state index in [-0.39, 0.29) is 17.2 Å². The summed E-state index contributed by atoms with van der Waals surface area (Å²) < 4.78 is 5.17. The van der Waals surface area contributed by atoms with Gasteiger partial charge in [-0.3, -0.25) is 14.5 Å². The zero-order chi connectivity index (χ0) is 16.0. The van der Waals surface area contributed by atoms with Crippen molar-refractivity contribution < 1.29 is 23.9 Å². The lowest BCUT2D eigenvalue weighted by Crippen LogP contribution is -2.63. The number of anilines is 1. The van der Waals surface area contributed by atoms with Crippen LogP contribution < -0.4 is 5.73 Å². The summed E-state index contributed by atoms with van der Waals surface area (Å²) in [5, 5.41) is 8.59. The van der Waals surface area contributed by atoms with Crippen molar-refractivity contribution in [2.75, 3.05) is 11.5 Å². The van der Waals surface area contributed by atoms with Gasteiger partial charge in [0.2, 0.25) is 11.7 Å². The fourth-order valence-corrected chi connectivity index (χ4v) is 4.13. The van der Waals surface area contributed by atoms with E-state index in [9.17, 15) is 14.4 Å². The van der Waals surface area contributed by atoms with E-state index in [1.54, 1.807) is 0 Å². The van der Waals surface area contributed by atoms with E-state index < -0.39 is 29.0 Å². The van der Waals surface area contributed by atoms with Crippen LogP contribution in [0.2, 0.25) is 0 Å². The Hall–Kier alpha value is -1.87. The number of carbonyl (C=O) groups excluding carboxylic acids is 2. The summed E-state index contributed by atoms with van der Waals surface area (Å²) in [6.07, 6.45) is 2.71. The minimum atomic E-state index is -1.18. The highest BCUT2D eigenvalue weighted by atomic mass is 32.2. The molecule has 22 heavy (non-hydrogen) atoms. The summed E-state index contributed by atoms with van der Waals surface area (Å²) in [6, 6.07) is 0. The maximum atomic E-state index is 12.6. The van der Waals surface area contributed by atoms with Crippen molar-refractivity contribution in [1.29, 1.82) is 0 Å². The van der Waals surface area contributed by atoms with Gasteiger partial charge in [0, 0.05) is 17.1 Å². The lowest BCUT2D eigenvalue weighted by molar-refractivity contribution is -0.149. The van der Waals surface area contributed by atoms with Gasteiger partial charge in [0.25, 0.3) is 0 Å². The molecule has 9 heteroatoms. The first-order valence-corrected chi connectivity index (χ1v) is 8.04. The maximum Gasteiger partial charge on any atom is 0.352 e. The first kappa shape index (κ1) is 15.0. The Labute approximate surface area is 134 Å². The van der Waals surface area contributed by atoms with Crippen molar-refractivity contribution >= 4 is 47.7 Å². The SMILES string of the molecule is Nc1coc(C(=O)C2C(=O)N3C(C(=O)O)=CCSC23)c1CS. The van der Waals surface area contributed by atoms with Gasteiger partial charge in [0.1, 0.15) is 23.3 Å². The first-order chi connectivity index (χ1) is 10.5. The molecule has 2 aliphatic rings. The van der Waals surface area contributed by atoms with Crippen LogP contribution in [-0.4, -0.2) is 38.8 Å². The van der Waals surface area contributed by atoms with Crippen LogP contribution in [0.1, 0.15) is 16.1 Å². The van der Waals surface area contributed by atoms with Crippen LogP contribution in [0.25, 0.3) is 0 Å². The van der Waals surface area contributed by atoms with Crippen LogP contribution in [0.15, 0.2) is 22.5 Å². The Balaban J connectivity index is 1.89. The fraction of sp³-hybridized carbons (Fsp3) is 0.308. The van der Waals surface area contributed by atoms with Crippen molar-refractivity contribution in [3.05, 3.63) is 29.4 Å². The molecule has 116 valence electrons. The highest BCUT2D eigenvalue weighted by Gasteiger charge is 2.56. The third-order valence-corrected chi connectivity index (χ3v) is 5.16. The van der Waals surface area contributed by atoms with Gasteiger partial charge < -0.3 is 15.3 Å². The van der Waals surface area contributed by atoms with E-state index in [0.29, 0.717) is 17.0 Å². The molecule has 3 rings (SSSR count). The number of nitrogen functional groups attached to an aromatic ring is 1. The number of thioether (sulfide) groups is 1. The average molecular weight is 340 g/mol. The predicted molar refractivity (Wildman–Crippen MR) is 82.4 cm³/mol. The normalized spacial score (nSPS) is 23.6. The zero-order valence-electron chi connectivity index (χ0n) is 11.2. The van der Waals surface area contributed by atoms with Crippen LogP contribution >= 0.6 is 24.4 Å². The minimum absolute atomic E-state index is 0.0255. The number of ketones is 1. The molecule has 1 aromatic heterocycles. The van der Waals surface area contributed by atoms with Gasteiger partial charge in [0.15, 0.2) is 5.76 Å². The molecule has 1 aromatic rings. The second-order valence-electron chi connectivity index (χ2n) is 4.83. The average Bonchev–Trinajstić information content (AvgIpc) is 2.86. The summed E-state index contributed by atoms with van der Waals surface area (Å²) >= 11 is 5.44. The second-order valence-corrected chi connectivity index (χ2v) is 6.29. The highest BCUT2D eigenvalue weighted by Crippen LogP contribution is 2.43. The molecular formula is C13H12N2O5S2. The van der Waals surface area contributed by atoms with Crippen LogP contribution in [0.4, 0.5) is 5.69 Å². The zero-order valence-corrected chi connectivity index (χ0v) is 12.9. The minimum Gasteiger partial charge on any atom is -0.477 e. The molecule has 0 radical (unpaired) electrons. The molecule has 1 amide bonds. The number of β-lactam (4-membered cyclic amide) rings is 1. The molecule has 7 nitrogen and oxygen atoms in total. The summed E-state index contributed by atoms with van der Waals surface area (Å²) in [4.78, 5) is 37.1. The van der Waals surface area contributed by atoms with E-state index in [0.717, 1.165) is 4.90 Å². The molecule has 0 saturated carbocycles. The van der Waals surface area contributed by atoms with E-state index in [2.05, 4.69) is 12.6 Å². The van der Waals surface area contributed by atoms with Gasteiger partial charge in [-0.05, 0) is 6.08 Å². The first-order valence-electron chi connectivity index (χ1n) is 6.36. The Bertz CT molecular complexity index is 711. The van der Waals surface area contributed by atoms with E-state index in [4.69, 9.17) is 15.3 Å². The number of carboxylic acid groups (broad SMARTS) is 1. The van der Waals surface area contributed by atoms with Gasteiger partial charge in [0.05, 0.1) is 5.69 Å². The smallest absolute Gasteiger partial charge is 0.352 e. The number of amides is 1. The highest BCUT2D eigenvalue weighted by molar-refractivity contribution is 8.00. The van der Waals surface area contributed by atoms with Crippen LogP contribution in [-0.2, 0) is 15.3 Å². The molecule has 2 aliphatic heterocycles. The molecule has 0 spiro atoms. The maximum absolute atomic E-state index is 12.6.